The number of anilines is 2. The highest BCUT2D eigenvalue weighted by Crippen LogP contribution is 2.29. The first-order chi connectivity index (χ1) is 13.5. The fourth-order valence-corrected chi connectivity index (χ4v) is 3.43. The van der Waals surface area contributed by atoms with E-state index in [0.29, 0.717) is 17.1 Å². The molecule has 28 heavy (non-hydrogen) atoms. The van der Waals surface area contributed by atoms with Crippen molar-refractivity contribution >= 4 is 17.2 Å². The number of nitrogens with two attached hydrogens (primary N) is 1. The Labute approximate surface area is 163 Å². The summed E-state index contributed by atoms with van der Waals surface area (Å²) in [6, 6.07) is 14.4. The molecule has 1 aliphatic heterocycles. The maximum Gasteiger partial charge on any atom is 0.222 e. The van der Waals surface area contributed by atoms with Crippen LogP contribution in [0.4, 0.5) is 21.6 Å². The van der Waals surface area contributed by atoms with Crippen LogP contribution < -0.4 is 10.6 Å². The van der Waals surface area contributed by atoms with Crippen LogP contribution in [-0.4, -0.2) is 47.9 Å². The number of likely N-dealkylation sites (N-methyl/N-ethyl adjacent to an activating group) is 1. The van der Waals surface area contributed by atoms with Crippen LogP contribution in [0.15, 0.2) is 48.5 Å². The molecule has 7 heteroatoms. The van der Waals surface area contributed by atoms with Gasteiger partial charge in [-0.05, 0) is 37.4 Å². The summed E-state index contributed by atoms with van der Waals surface area (Å²) in [5.41, 5.74) is 9.24. The number of halogens is 1. The third-order valence-corrected chi connectivity index (χ3v) is 5.05. The van der Waals surface area contributed by atoms with Gasteiger partial charge in [0.2, 0.25) is 5.69 Å². The third-order valence-electron chi connectivity index (χ3n) is 5.05. The van der Waals surface area contributed by atoms with Gasteiger partial charge in [-0.2, -0.15) is 5.10 Å². The van der Waals surface area contributed by atoms with E-state index in [-0.39, 0.29) is 5.69 Å². The molecular formula is C21H21FN6. The summed E-state index contributed by atoms with van der Waals surface area (Å²) in [5, 5.41) is 4.37. The van der Waals surface area contributed by atoms with Crippen LogP contribution in [0.2, 0.25) is 0 Å². The van der Waals surface area contributed by atoms with Crippen molar-refractivity contribution in [2.75, 3.05) is 43.9 Å². The fourth-order valence-electron chi connectivity index (χ4n) is 3.43. The second-order valence-electron chi connectivity index (χ2n) is 6.95. The topological polar surface area (TPSA) is 54.7 Å². The summed E-state index contributed by atoms with van der Waals surface area (Å²) in [5.74, 6) is -0.197. The molecule has 142 valence electrons. The van der Waals surface area contributed by atoms with Crippen LogP contribution in [0.5, 0.6) is 0 Å². The highest BCUT2D eigenvalue weighted by Gasteiger charge is 2.16. The van der Waals surface area contributed by atoms with Crippen LogP contribution in [-0.2, 0) is 0 Å². The van der Waals surface area contributed by atoms with Crippen molar-refractivity contribution in [1.29, 1.82) is 0 Å². The number of benzene rings is 2. The lowest BCUT2D eigenvalue weighted by Crippen LogP contribution is -2.44. The monoisotopic (exact) mass is 376 g/mol. The zero-order valence-corrected chi connectivity index (χ0v) is 15.6. The van der Waals surface area contributed by atoms with E-state index in [0.717, 1.165) is 31.9 Å². The molecule has 1 aromatic heterocycles. The molecule has 1 fully saturated rings. The lowest BCUT2D eigenvalue weighted by molar-refractivity contribution is 0.313. The van der Waals surface area contributed by atoms with Crippen molar-refractivity contribution < 1.29 is 4.39 Å². The molecule has 6 nitrogen and oxygen atoms in total. The van der Waals surface area contributed by atoms with Gasteiger partial charge in [-0.1, -0.05) is 12.1 Å². The minimum absolute atomic E-state index is 0.000633. The second-order valence-corrected chi connectivity index (χ2v) is 6.95. The smallest absolute Gasteiger partial charge is 0.222 e. The van der Waals surface area contributed by atoms with E-state index in [1.54, 1.807) is 16.8 Å². The van der Waals surface area contributed by atoms with E-state index in [1.165, 1.54) is 17.8 Å². The average molecular weight is 376 g/mol. The Balaban J connectivity index is 1.65. The van der Waals surface area contributed by atoms with Crippen molar-refractivity contribution in [3.05, 3.63) is 65.8 Å². The van der Waals surface area contributed by atoms with Gasteiger partial charge in [-0.25, -0.2) is 13.9 Å². The molecule has 1 aliphatic rings. The lowest BCUT2D eigenvalue weighted by Gasteiger charge is -2.34. The van der Waals surface area contributed by atoms with E-state index < -0.39 is 5.82 Å². The van der Waals surface area contributed by atoms with Gasteiger partial charge in [0.15, 0.2) is 0 Å². The van der Waals surface area contributed by atoms with Crippen molar-refractivity contribution in [2.45, 2.75) is 0 Å². The van der Waals surface area contributed by atoms with Crippen LogP contribution in [0.1, 0.15) is 0 Å². The number of nitrogens with zero attached hydrogens (tertiary/aromatic N) is 5. The number of piperazine rings is 1. The van der Waals surface area contributed by atoms with Crippen LogP contribution >= 0.6 is 0 Å². The predicted molar refractivity (Wildman–Crippen MR) is 109 cm³/mol. The Bertz CT molecular complexity index is 1030. The highest BCUT2D eigenvalue weighted by atomic mass is 19.1. The first-order valence-corrected chi connectivity index (χ1v) is 9.12. The number of hydrogen-bond acceptors (Lipinski definition) is 4. The zero-order chi connectivity index (χ0) is 19.7. The Morgan fingerprint density at radius 1 is 1.00 bits per heavy atom. The summed E-state index contributed by atoms with van der Waals surface area (Å²) >= 11 is 0. The van der Waals surface area contributed by atoms with E-state index >= 15 is 0 Å². The first kappa shape index (κ1) is 18.0. The van der Waals surface area contributed by atoms with Gasteiger partial charge >= 0.3 is 0 Å². The summed E-state index contributed by atoms with van der Waals surface area (Å²) in [6.45, 7) is 11.1. The SMILES string of the molecule is [C-]#[N+]c1ccc(-c2cc(N)nn2-c2ccc(N3CCN(C)CC3)cc2)cc1F. The quantitative estimate of drug-likeness (QED) is 0.710. The van der Waals surface area contributed by atoms with E-state index in [2.05, 4.69) is 38.9 Å². The van der Waals surface area contributed by atoms with Gasteiger partial charge in [-0.3, -0.25) is 0 Å². The van der Waals surface area contributed by atoms with Crippen molar-refractivity contribution in [3.8, 4) is 16.9 Å². The summed E-state index contributed by atoms with van der Waals surface area (Å²) in [4.78, 5) is 7.85. The molecule has 0 radical (unpaired) electrons. The third kappa shape index (κ3) is 3.42. The zero-order valence-electron chi connectivity index (χ0n) is 15.6. The molecule has 1 saturated heterocycles. The molecule has 0 unspecified atom stereocenters. The van der Waals surface area contributed by atoms with E-state index in [9.17, 15) is 4.39 Å². The number of hydrogen-bond donors (Lipinski definition) is 1. The maximum atomic E-state index is 14.1. The minimum atomic E-state index is -0.552. The molecule has 4 rings (SSSR count). The molecular weight excluding hydrogens is 355 g/mol. The predicted octanol–water partition coefficient (Wildman–Crippen LogP) is 3.56. The summed E-state index contributed by atoms with van der Waals surface area (Å²) in [7, 11) is 2.14. The molecule has 0 spiro atoms. The first-order valence-electron chi connectivity index (χ1n) is 9.12. The van der Waals surface area contributed by atoms with Crippen molar-refractivity contribution in [3.63, 3.8) is 0 Å². The van der Waals surface area contributed by atoms with E-state index in [4.69, 9.17) is 12.3 Å². The summed E-state index contributed by atoms with van der Waals surface area (Å²) < 4.78 is 15.8. The highest BCUT2D eigenvalue weighted by molar-refractivity contribution is 5.68. The Kier molecular flexibility index (Phi) is 4.72. The normalized spacial score (nSPS) is 14.8. The number of rotatable bonds is 3. The molecule has 0 amide bonds. The fraction of sp³-hybridized carbons (Fsp3) is 0.238. The molecule has 2 N–H and O–H groups in total. The summed E-state index contributed by atoms with van der Waals surface area (Å²) in [6.07, 6.45) is 0. The van der Waals surface area contributed by atoms with Crippen LogP contribution in [0.3, 0.4) is 0 Å². The van der Waals surface area contributed by atoms with Crippen LogP contribution in [0.25, 0.3) is 21.8 Å². The molecule has 0 bridgehead atoms. The largest absolute Gasteiger partial charge is 0.382 e. The van der Waals surface area contributed by atoms with Crippen molar-refractivity contribution in [2.24, 2.45) is 0 Å². The van der Waals surface area contributed by atoms with Crippen molar-refractivity contribution in [1.82, 2.24) is 14.7 Å². The minimum Gasteiger partial charge on any atom is -0.382 e. The molecule has 0 aliphatic carbocycles. The number of nitrogen functional groups attached to an aromatic ring is 1. The molecule has 0 saturated carbocycles. The molecule has 0 atom stereocenters. The maximum absolute atomic E-state index is 14.1. The average Bonchev–Trinajstić information content (AvgIpc) is 3.10. The molecule has 2 aromatic carbocycles. The van der Waals surface area contributed by atoms with Gasteiger partial charge in [-0.15, -0.1) is 0 Å². The van der Waals surface area contributed by atoms with Gasteiger partial charge in [0, 0.05) is 43.5 Å². The second kappa shape index (κ2) is 7.33. The standard InChI is InChI=1S/C21H21FN6/c1-24-19-8-3-15(13-18(19)22)20-14-21(23)25-28(20)17-6-4-16(5-7-17)27-11-9-26(2)10-12-27/h3-8,13-14H,9-12H2,2H3,(H2,23,25). The Morgan fingerprint density at radius 3 is 2.32 bits per heavy atom. The number of aromatic nitrogens is 2. The van der Waals surface area contributed by atoms with Gasteiger partial charge in [0.25, 0.3) is 0 Å². The molecule has 3 aromatic rings. The van der Waals surface area contributed by atoms with Crippen LogP contribution in [0, 0.1) is 12.4 Å². The van der Waals surface area contributed by atoms with Gasteiger partial charge in [0.1, 0.15) is 11.6 Å². The van der Waals surface area contributed by atoms with E-state index in [1.807, 2.05) is 12.1 Å². The van der Waals surface area contributed by atoms with Gasteiger partial charge in [0.05, 0.1) is 18.0 Å². The molecule has 2 heterocycles. The Hall–Kier alpha value is -3.37. The Morgan fingerprint density at radius 2 is 1.68 bits per heavy atom. The van der Waals surface area contributed by atoms with Gasteiger partial charge < -0.3 is 15.5 Å². The lowest BCUT2D eigenvalue weighted by atomic mass is 10.1.